The maximum Gasteiger partial charge on any atom is 0.158 e. The van der Waals surface area contributed by atoms with Crippen molar-refractivity contribution in [2.45, 2.75) is 19.4 Å². The van der Waals surface area contributed by atoms with Gasteiger partial charge in [-0.15, -0.1) is 0 Å². The zero-order valence-corrected chi connectivity index (χ0v) is 8.69. The Morgan fingerprint density at radius 3 is 2.67 bits per heavy atom. The van der Waals surface area contributed by atoms with Crippen LogP contribution in [0.3, 0.4) is 0 Å². The Morgan fingerprint density at radius 1 is 1.27 bits per heavy atom. The number of benzene rings is 1. The molecule has 15 heavy (non-hydrogen) atoms. The lowest BCUT2D eigenvalue weighted by atomic mass is 10.2. The zero-order valence-electron chi connectivity index (χ0n) is 8.69. The second-order valence-corrected chi connectivity index (χ2v) is 3.34. The Labute approximate surface area is 89.7 Å². The van der Waals surface area contributed by atoms with Crippen molar-refractivity contribution in [3.8, 4) is 0 Å². The summed E-state index contributed by atoms with van der Waals surface area (Å²) in [4.78, 5) is 10.7. The predicted molar refractivity (Wildman–Crippen MR) is 57.4 cm³/mol. The monoisotopic (exact) mass is 208 g/mol. The first-order chi connectivity index (χ1) is 7.33. The maximum atomic E-state index is 10.7. The minimum Gasteiger partial charge on any atom is -0.389 e. The summed E-state index contributed by atoms with van der Waals surface area (Å²) in [6, 6.07) is 9.89. The molecule has 0 radical (unpaired) electrons. The first-order valence-corrected chi connectivity index (χ1v) is 5.07. The number of carbonyl (C=O) groups excluding carboxylic acids is 1. The van der Waals surface area contributed by atoms with Crippen LogP contribution in [0, 0.1) is 0 Å². The molecule has 0 saturated heterocycles. The predicted octanol–water partition coefficient (Wildman–Crippen LogP) is 1.54. The summed E-state index contributed by atoms with van der Waals surface area (Å²) in [5.74, 6) is -0.127. The Hall–Kier alpha value is -1.19. The van der Waals surface area contributed by atoms with Gasteiger partial charge in [0, 0.05) is 13.0 Å². The molecule has 0 aromatic heterocycles. The number of hydrogen-bond acceptors (Lipinski definition) is 3. The number of ketones is 1. The van der Waals surface area contributed by atoms with E-state index < -0.39 is 0 Å². The van der Waals surface area contributed by atoms with Gasteiger partial charge in [-0.1, -0.05) is 30.3 Å². The Kier molecular flexibility index (Phi) is 5.66. The van der Waals surface area contributed by atoms with E-state index in [9.17, 15) is 4.79 Å². The first kappa shape index (κ1) is 11.9. The van der Waals surface area contributed by atoms with Crippen LogP contribution in [0.4, 0.5) is 0 Å². The Morgan fingerprint density at radius 2 is 2.00 bits per heavy atom. The number of carbonyl (C=O) groups is 1. The van der Waals surface area contributed by atoms with Crippen LogP contribution in [0.2, 0.25) is 0 Å². The van der Waals surface area contributed by atoms with E-state index >= 15 is 0 Å². The van der Waals surface area contributed by atoms with Gasteiger partial charge in [-0.05, 0) is 12.0 Å². The maximum absolute atomic E-state index is 10.7. The fourth-order valence-corrected chi connectivity index (χ4v) is 1.21. The van der Waals surface area contributed by atoms with Crippen LogP contribution in [0.15, 0.2) is 30.3 Å². The van der Waals surface area contributed by atoms with E-state index in [4.69, 9.17) is 9.84 Å². The molecule has 0 aliphatic rings. The van der Waals surface area contributed by atoms with Gasteiger partial charge in [-0.3, -0.25) is 4.79 Å². The molecule has 3 nitrogen and oxygen atoms in total. The molecule has 0 aliphatic heterocycles. The second kappa shape index (κ2) is 7.15. The molecule has 82 valence electrons. The third-order valence-electron chi connectivity index (χ3n) is 2.03. The quantitative estimate of drug-likeness (QED) is 0.691. The van der Waals surface area contributed by atoms with Gasteiger partial charge in [-0.25, -0.2) is 0 Å². The summed E-state index contributed by atoms with van der Waals surface area (Å²) in [6.07, 6.45) is 1.07. The van der Waals surface area contributed by atoms with E-state index in [1.807, 2.05) is 30.3 Å². The molecule has 0 spiro atoms. The van der Waals surface area contributed by atoms with Gasteiger partial charge < -0.3 is 9.84 Å². The lowest BCUT2D eigenvalue weighted by Crippen LogP contribution is -2.05. The van der Waals surface area contributed by atoms with Gasteiger partial charge >= 0.3 is 0 Å². The minimum absolute atomic E-state index is 0.127. The molecule has 1 rings (SSSR count). The Balaban J connectivity index is 2.05. The average Bonchev–Trinajstić information content (AvgIpc) is 2.29. The highest BCUT2D eigenvalue weighted by Gasteiger charge is 1.98. The van der Waals surface area contributed by atoms with E-state index in [1.165, 1.54) is 0 Å². The van der Waals surface area contributed by atoms with E-state index in [2.05, 4.69) is 0 Å². The van der Waals surface area contributed by atoms with Crippen molar-refractivity contribution in [1.82, 2.24) is 0 Å². The summed E-state index contributed by atoms with van der Waals surface area (Å²) in [6.45, 7) is 0.771. The number of rotatable bonds is 7. The largest absolute Gasteiger partial charge is 0.389 e. The minimum atomic E-state index is -0.362. The van der Waals surface area contributed by atoms with Crippen molar-refractivity contribution in [3.05, 3.63) is 35.9 Å². The van der Waals surface area contributed by atoms with Crippen molar-refractivity contribution in [2.75, 3.05) is 13.2 Å². The number of Topliss-reactive ketones (excluding diaryl/α,β-unsaturated/α-hetero) is 1. The summed E-state index contributed by atoms with van der Waals surface area (Å²) in [5.41, 5.74) is 1.13. The second-order valence-electron chi connectivity index (χ2n) is 3.34. The zero-order chi connectivity index (χ0) is 10.9. The third-order valence-corrected chi connectivity index (χ3v) is 2.03. The van der Waals surface area contributed by atoms with Crippen molar-refractivity contribution < 1.29 is 14.6 Å². The van der Waals surface area contributed by atoms with Crippen LogP contribution in [-0.2, 0) is 16.1 Å². The summed E-state index contributed by atoms with van der Waals surface area (Å²) in [5, 5.41) is 8.48. The van der Waals surface area contributed by atoms with Crippen LogP contribution in [0.1, 0.15) is 18.4 Å². The fourth-order valence-electron chi connectivity index (χ4n) is 1.21. The molecular formula is C12H16O3. The summed E-state index contributed by atoms with van der Waals surface area (Å²) >= 11 is 0. The summed E-state index contributed by atoms with van der Waals surface area (Å²) in [7, 11) is 0. The van der Waals surface area contributed by atoms with Gasteiger partial charge in [-0.2, -0.15) is 0 Å². The van der Waals surface area contributed by atoms with Gasteiger partial charge in [0.25, 0.3) is 0 Å². The molecule has 3 heteroatoms. The van der Waals surface area contributed by atoms with Gasteiger partial charge in [0.1, 0.15) is 6.61 Å². The molecule has 0 heterocycles. The van der Waals surface area contributed by atoms with Crippen molar-refractivity contribution in [1.29, 1.82) is 0 Å². The van der Waals surface area contributed by atoms with Gasteiger partial charge in [0.2, 0.25) is 0 Å². The number of aliphatic hydroxyl groups is 1. The van der Waals surface area contributed by atoms with Gasteiger partial charge in [0.15, 0.2) is 5.78 Å². The number of ether oxygens (including phenoxy) is 1. The SMILES string of the molecule is O=C(CO)CCCOCc1ccccc1. The molecule has 1 N–H and O–H groups in total. The lowest BCUT2D eigenvalue weighted by Gasteiger charge is -2.03. The highest BCUT2D eigenvalue weighted by Crippen LogP contribution is 2.01. The molecule has 0 amide bonds. The molecule has 1 aromatic carbocycles. The van der Waals surface area contributed by atoms with Crippen molar-refractivity contribution >= 4 is 5.78 Å². The number of hydrogen-bond donors (Lipinski definition) is 1. The molecule has 0 atom stereocenters. The first-order valence-electron chi connectivity index (χ1n) is 5.07. The van der Waals surface area contributed by atoms with Crippen LogP contribution >= 0.6 is 0 Å². The third kappa shape index (κ3) is 5.30. The Bertz CT molecular complexity index is 282. The van der Waals surface area contributed by atoms with Crippen molar-refractivity contribution in [2.24, 2.45) is 0 Å². The van der Waals surface area contributed by atoms with E-state index in [0.717, 1.165) is 5.56 Å². The molecule has 0 saturated carbocycles. The molecule has 0 fully saturated rings. The normalized spacial score (nSPS) is 10.2. The smallest absolute Gasteiger partial charge is 0.158 e. The van der Waals surface area contributed by atoms with Crippen molar-refractivity contribution in [3.63, 3.8) is 0 Å². The van der Waals surface area contributed by atoms with Crippen LogP contribution in [0.5, 0.6) is 0 Å². The number of aliphatic hydroxyl groups excluding tert-OH is 1. The molecular weight excluding hydrogens is 192 g/mol. The topological polar surface area (TPSA) is 46.5 Å². The molecule has 0 bridgehead atoms. The molecule has 0 aliphatic carbocycles. The molecule has 1 aromatic rings. The summed E-state index contributed by atoms with van der Waals surface area (Å²) < 4.78 is 5.38. The van der Waals surface area contributed by atoms with Crippen LogP contribution in [-0.4, -0.2) is 24.1 Å². The average molecular weight is 208 g/mol. The highest BCUT2D eigenvalue weighted by molar-refractivity contribution is 5.79. The van der Waals surface area contributed by atoms with Crippen LogP contribution in [0.25, 0.3) is 0 Å². The fraction of sp³-hybridized carbons (Fsp3) is 0.417. The van der Waals surface area contributed by atoms with E-state index in [0.29, 0.717) is 26.1 Å². The lowest BCUT2D eigenvalue weighted by molar-refractivity contribution is -0.122. The van der Waals surface area contributed by atoms with E-state index in [-0.39, 0.29) is 12.4 Å². The van der Waals surface area contributed by atoms with Gasteiger partial charge in [0.05, 0.1) is 6.61 Å². The standard InChI is InChI=1S/C12H16O3/c13-9-12(14)7-4-8-15-10-11-5-2-1-3-6-11/h1-3,5-6,13H,4,7-10H2. The highest BCUT2D eigenvalue weighted by atomic mass is 16.5. The van der Waals surface area contributed by atoms with E-state index in [1.54, 1.807) is 0 Å². The van der Waals surface area contributed by atoms with Crippen LogP contribution < -0.4 is 0 Å². The molecule has 0 unspecified atom stereocenters.